The van der Waals surface area contributed by atoms with Crippen molar-refractivity contribution in [3.63, 3.8) is 0 Å². The number of hydrogen-bond donors (Lipinski definition) is 1. The van der Waals surface area contributed by atoms with E-state index >= 15 is 0 Å². The van der Waals surface area contributed by atoms with Crippen molar-refractivity contribution in [1.82, 2.24) is 15.2 Å². The second-order valence-electron chi connectivity index (χ2n) is 5.67. The number of hydrogen-bond acceptors (Lipinski definition) is 5. The molecule has 0 aromatic carbocycles. The standard InChI is InChI=1S/C15H16F2N4O2/c16-15(17)9-19-2-1-12(15)14(22)21-3-4-23-13-10(5-18)6-20-7-11(13)8-21/h6-7,12,19H,1-4,8-9H2. The number of alkyl halides is 2. The first-order valence-electron chi connectivity index (χ1n) is 7.40. The number of halogens is 2. The summed E-state index contributed by atoms with van der Waals surface area (Å²) >= 11 is 0. The number of amides is 1. The van der Waals surface area contributed by atoms with Gasteiger partial charge in [-0.05, 0) is 13.0 Å². The highest BCUT2D eigenvalue weighted by Crippen LogP contribution is 2.33. The summed E-state index contributed by atoms with van der Waals surface area (Å²) in [5.74, 6) is -4.57. The molecule has 1 atom stereocenters. The van der Waals surface area contributed by atoms with Gasteiger partial charge < -0.3 is 15.0 Å². The maximum absolute atomic E-state index is 14.0. The maximum Gasteiger partial charge on any atom is 0.271 e. The lowest BCUT2D eigenvalue weighted by Crippen LogP contribution is -2.53. The fourth-order valence-corrected chi connectivity index (χ4v) is 2.95. The second-order valence-corrected chi connectivity index (χ2v) is 5.67. The van der Waals surface area contributed by atoms with Crippen molar-refractivity contribution >= 4 is 5.91 Å². The molecule has 2 aliphatic heterocycles. The van der Waals surface area contributed by atoms with E-state index in [0.717, 1.165) is 0 Å². The quantitative estimate of drug-likeness (QED) is 0.832. The molecule has 0 aliphatic carbocycles. The van der Waals surface area contributed by atoms with E-state index in [2.05, 4.69) is 10.3 Å². The van der Waals surface area contributed by atoms with Crippen LogP contribution >= 0.6 is 0 Å². The van der Waals surface area contributed by atoms with Crippen LogP contribution in [0.15, 0.2) is 12.4 Å². The Labute approximate surface area is 132 Å². The van der Waals surface area contributed by atoms with Crippen molar-refractivity contribution in [2.24, 2.45) is 5.92 Å². The molecule has 1 N–H and O–H groups in total. The van der Waals surface area contributed by atoms with Crippen LogP contribution < -0.4 is 10.1 Å². The van der Waals surface area contributed by atoms with Crippen LogP contribution in [0.4, 0.5) is 8.78 Å². The summed E-state index contributed by atoms with van der Waals surface area (Å²) in [6, 6.07) is 1.98. The Morgan fingerprint density at radius 3 is 3.09 bits per heavy atom. The number of ether oxygens (including phenoxy) is 1. The van der Waals surface area contributed by atoms with Gasteiger partial charge >= 0.3 is 0 Å². The van der Waals surface area contributed by atoms with Crippen LogP contribution in [0, 0.1) is 17.2 Å². The Hall–Kier alpha value is -2.27. The van der Waals surface area contributed by atoms with Gasteiger partial charge in [-0.1, -0.05) is 0 Å². The summed E-state index contributed by atoms with van der Waals surface area (Å²) in [6.07, 6.45) is 2.99. The fourth-order valence-electron chi connectivity index (χ4n) is 2.95. The summed E-state index contributed by atoms with van der Waals surface area (Å²) in [5, 5.41) is 11.7. The molecule has 1 unspecified atom stereocenters. The average Bonchev–Trinajstić information content (AvgIpc) is 2.76. The molecule has 8 heteroatoms. The van der Waals surface area contributed by atoms with Crippen LogP contribution in [-0.4, -0.2) is 48.0 Å². The largest absolute Gasteiger partial charge is 0.490 e. The molecular weight excluding hydrogens is 306 g/mol. The second kappa shape index (κ2) is 6.08. The lowest BCUT2D eigenvalue weighted by atomic mass is 9.92. The lowest BCUT2D eigenvalue weighted by molar-refractivity contribution is -0.154. The van der Waals surface area contributed by atoms with E-state index in [-0.39, 0.29) is 31.7 Å². The van der Waals surface area contributed by atoms with Crippen LogP contribution in [-0.2, 0) is 11.3 Å². The minimum absolute atomic E-state index is 0.104. The minimum Gasteiger partial charge on any atom is -0.490 e. The van der Waals surface area contributed by atoms with E-state index in [0.29, 0.717) is 17.9 Å². The molecule has 1 aromatic rings. The topological polar surface area (TPSA) is 78.2 Å². The SMILES string of the molecule is N#Cc1cncc2c1OCCN(C(=O)C1CCNCC1(F)F)C2. The van der Waals surface area contributed by atoms with E-state index in [9.17, 15) is 13.6 Å². The first-order valence-corrected chi connectivity index (χ1v) is 7.40. The molecule has 122 valence electrons. The van der Waals surface area contributed by atoms with Crippen molar-refractivity contribution in [3.05, 3.63) is 23.5 Å². The first kappa shape index (κ1) is 15.6. The van der Waals surface area contributed by atoms with Gasteiger partial charge in [0.15, 0.2) is 0 Å². The van der Waals surface area contributed by atoms with Gasteiger partial charge in [0.2, 0.25) is 5.91 Å². The Morgan fingerprint density at radius 2 is 2.35 bits per heavy atom. The summed E-state index contributed by atoms with van der Waals surface area (Å²) < 4.78 is 33.5. The summed E-state index contributed by atoms with van der Waals surface area (Å²) in [4.78, 5) is 17.9. The van der Waals surface area contributed by atoms with Crippen molar-refractivity contribution in [2.45, 2.75) is 18.9 Å². The predicted octanol–water partition coefficient (Wildman–Crippen LogP) is 0.919. The molecule has 0 spiro atoms. The van der Waals surface area contributed by atoms with Gasteiger partial charge in [-0.3, -0.25) is 9.78 Å². The van der Waals surface area contributed by atoms with Crippen LogP contribution in [0.5, 0.6) is 5.75 Å². The highest BCUT2D eigenvalue weighted by molar-refractivity contribution is 5.80. The third kappa shape index (κ3) is 2.97. The zero-order valence-electron chi connectivity index (χ0n) is 12.4. The Balaban J connectivity index is 1.84. The molecule has 1 fully saturated rings. The number of aromatic nitrogens is 1. The molecule has 1 saturated heterocycles. The molecule has 1 aromatic heterocycles. The maximum atomic E-state index is 14.0. The molecule has 0 bridgehead atoms. The number of carbonyl (C=O) groups is 1. The molecule has 2 aliphatic rings. The van der Waals surface area contributed by atoms with Crippen LogP contribution in [0.2, 0.25) is 0 Å². The number of pyridine rings is 1. The van der Waals surface area contributed by atoms with Crippen LogP contribution in [0.3, 0.4) is 0 Å². The molecule has 3 heterocycles. The number of piperidine rings is 1. The van der Waals surface area contributed by atoms with Crippen molar-refractivity contribution in [1.29, 1.82) is 5.26 Å². The summed E-state index contributed by atoms with van der Waals surface area (Å²) in [6.45, 7) is 0.403. The third-order valence-corrected chi connectivity index (χ3v) is 4.15. The number of fused-ring (bicyclic) bond motifs is 1. The zero-order valence-corrected chi connectivity index (χ0v) is 12.4. The first-order chi connectivity index (χ1) is 11.0. The van der Waals surface area contributed by atoms with Gasteiger partial charge in [-0.15, -0.1) is 0 Å². The Kier molecular flexibility index (Phi) is 4.13. The van der Waals surface area contributed by atoms with E-state index < -0.39 is 24.3 Å². The molecule has 0 saturated carbocycles. The number of rotatable bonds is 1. The molecule has 23 heavy (non-hydrogen) atoms. The Bertz CT molecular complexity index is 659. The highest BCUT2D eigenvalue weighted by Gasteiger charge is 2.47. The Morgan fingerprint density at radius 1 is 1.52 bits per heavy atom. The molecule has 3 rings (SSSR count). The number of carbonyl (C=O) groups excluding carboxylic acids is 1. The van der Waals surface area contributed by atoms with Crippen molar-refractivity contribution < 1.29 is 18.3 Å². The van der Waals surface area contributed by atoms with Crippen molar-refractivity contribution in [3.8, 4) is 11.8 Å². The number of nitrogens with one attached hydrogen (secondary N) is 1. The normalized spacial score (nSPS) is 23.2. The van der Waals surface area contributed by atoms with Crippen molar-refractivity contribution in [2.75, 3.05) is 26.2 Å². The average molecular weight is 322 g/mol. The van der Waals surface area contributed by atoms with Gasteiger partial charge in [0.05, 0.1) is 19.6 Å². The van der Waals surface area contributed by atoms with Crippen LogP contribution in [0.1, 0.15) is 17.5 Å². The van der Waals surface area contributed by atoms with Gasteiger partial charge in [-0.25, -0.2) is 8.78 Å². The predicted molar refractivity (Wildman–Crippen MR) is 75.8 cm³/mol. The number of nitrogens with zero attached hydrogens (tertiary/aromatic N) is 3. The van der Waals surface area contributed by atoms with Gasteiger partial charge in [0.25, 0.3) is 5.92 Å². The van der Waals surface area contributed by atoms with E-state index in [1.165, 1.54) is 17.3 Å². The smallest absolute Gasteiger partial charge is 0.271 e. The summed E-state index contributed by atoms with van der Waals surface area (Å²) in [5.41, 5.74) is 0.844. The van der Waals surface area contributed by atoms with Crippen LogP contribution in [0.25, 0.3) is 0 Å². The minimum atomic E-state index is -3.06. The monoisotopic (exact) mass is 322 g/mol. The number of nitriles is 1. The van der Waals surface area contributed by atoms with E-state index in [1.807, 2.05) is 6.07 Å². The van der Waals surface area contributed by atoms with Gasteiger partial charge in [0.1, 0.15) is 29.9 Å². The van der Waals surface area contributed by atoms with E-state index in [1.54, 1.807) is 0 Å². The molecule has 1 amide bonds. The summed E-state index contributed by atoms with van der Waals surface area (Å²) in [7, 11) is 0. The van der Waals surface area contributed by atoms with Gasteiger partial charge in [-0.2, -0.15) is 5.26 Å². The molecule has 0 radical (unpaired) electrons. The molecule has 6 nitrogen and oxygen atoms in total. The highest BCUT2D eigenvalue weighted by atomic mass is 19.3. The fraction of sp³-hybridized carbons (Fsp3) is 0.533. The molecular formula is C15H16F2N4O2. The van der Waals surface area contributed by atoms with E-state index in [4.69, 9.17) is 10.00 Å². The zero-order chi connectivity index (χ0) is 16.4. The third-order valence-electron chi connectivity index (χ3n) is 4.15. The van der Waals surface area contributed by atoms with Gasteiger partial charge in [0, 0.05) is 18.0 Å². The lowest BCUT2D eigenvalue weighted by Gasteiger charge is -2.34.